The van der Waals surface area contributed by atoms with Gasteiger partial charge in [0.2, 0.25) is 11.8 Å². The number of carbonyl (C=O) groups excluding carboxylic acids is 2. The summed E-state index contributed by atoms with van der Waals surface area (Å²) in [7, 11) is 0. The summed E-state index contributed by atoms with van der Waals surface area (Å²) in [6, 6.07) is 25.4. The van der Waals surface area contributed by atoms with E-state index in [1.54, 1.807) is 23.1 Å². The lowest BCUT2D eigenvalue weighted by atomic mass is 10.0. The molecule has 0 aliphatic rings. The van der Waals surface area contributed by atoms with Crippen molar-refractivity contribution in [3.05, 3.63) is 107 Å². The molecular formula is C28H31FN2O2S. The summed E-state index contributed by atoms with van der Waals surface area (Å²) in [6.45, 7) is 2.88. The van der Waals surface area contributed by atoms with Gasteiger partial charge in [0.1, 0.15) is 11.9 Å². The van der Waals surface area contributed by atoms with Crippen LogP contribution in [0.5, 0.6) is 0 Å². The number of benzene rings is 3. The van der Waals surface area contributed by atoms with Gasteiger partial charge in [-0.15, -0.1) is 11.8 Å². The zero-order valence-corrected chi connectivity index (χ0v) is 20.3. The summed E-state index contributed by atoms with van der Waals surface area (Å²) < 4.78 is 14.0. The highest BCUT2D eigenvalue weighted by molar-refractivity contribution is 7.99. The van der Waals surface area contributed by atoms with Crippen molar-refractivity contribution in [1.29, 1.82) is 0 Å². The van der Waals surface area contributed by atoms with Crippen LogP contribution in [-0.2, 0) is 28.3 Å². The third-order valence-electron chi connectivity index (χ3n) is 5.46. The molecule has 0 bridgehead atoms. The zero-order valence-electron chi connectivity index (χ0n) is 19.5. The van der Waals surface area contributed by atoms with E-state index in [0.29, 0.717) is 30.8 Å². The first kappa shape index (κ1) is 25.5. The molecule has 3 rings (SSSR count). The molecular weight excluding hydrogens is 447 g/mol. The SMILES string of the molecule is CCCNC(=O)[C@@H](Cc1ccccc1)N(Cc1ccccc1)C(=O)CSCc1ccccc1F. The van der Waals surface area contributed by atoms with E-state index in [-0.39, 0.29) is 23.4 Å². The molecule has 0 saturated heterocycles. The van der Waals surface area contributed by atoms with Crippen LogP contribution in [0, 0.1) is 5.82 Å². The third-order valence-corrected chi connectivity index (χ3v) is 6.42. The van der Waals surface area contributed by atoms with Gasteiger partial charge in [-0.1, -0.05) is 85.8 Å². The summed E-state index contributed by atoms with van der Waals surface area (Å²) in [5, 5.41) is 2.97. The Morgan fingerprint density at radius 2 is 1.53 bits per heavy atom. The van der Waals surface area contributed by atoms with Gasteiger partial charge in [0, 0.05) is 25.3 Å². The van der Waals surface area contributed by atoms with Crippen LogP contribution in [0.3, 0.4) is 0 Å². The summed E-state index contributed by atoms with van der Waals surface area (Å²) in [4.78, 5) is 28.4. The molecule has 0 aliphatic heterocycles. The molecule has 0 radical (unpaired) electrons. The Balaban J connectivity index is 1.81. The fraction of sp³-hybridized carbons (Fsp3) is 0.286. The van der Waals surface area contributed by atoms with Crippen molar-refractivity contribution in [2.45, 2.75) is 38.1 Å². The topological polar surface area (TPSA) is 49.4 Å². The van der Waals surface area contributed by atoms with Crippen LogP contribution in [-0.4, -0.2) is 35.1 Å². The van der Waals surface area contributed by atoms with Gasteiger partial charge in [0.25, 0.3) is 0 Å². The maximum Gasteiger partial charge on any atom is 0.243 e. The van der Waals surface area contributed by atoms with Gasteiger partial charge in [0.15, 0.2) is 0 Å². The van der Waals surface area contributed by atoms with E-state index in [0.717, 1.165) is 17.5 Å². The highest BCUT2D eigenvalue weighted by atomic mass is 32.2. The summed E-state index contributed by atoms with van der Waals surface area (Å²) in [6.07, 6.45) is 1.24. The third kappa shape index (κ3) is 7.73. The zero-order chi connectivity index (χ0) is 24.2. The number of amides is 2. The van der Waals surface area contributed by atoms with Gasteiger partial charge in [-0.3, -0.25) is 9.59 Å². The summed E-state index contributed by atoms with van der Waals surface area (Å²) >= 11 is 1.36. The minimum Gasteiger partial charge on any atom is -0.354 e. The predicted octanol–water partition coefficient (Wildman–Crippen LogP) is 5.23. The highest BCUT2D eigenvalue weighted by Crippen LogP contribution is 2.19. The Labute approximate surface area is 205 Å². The van der Waals surface area contributed by atoms with Crippen LogP contribution in [0.15, 0.2) is 84.9 Å². The number of rotatable bonds is 12. The van der Waals surface area contributed by atoms with Gasteiger partial charge < -0.3 is 10.2 Å². The Bertz CT molecular complexity index is 1050. The van der Waals surface area contributed by atoms with Crippen molar-refractivity contribution in [3.63, 3.8) is 0 Å². The first-order chi connectivity index (χ1) is 16.6. The van der Waals surface area contributed by atoms with Gasteiger partial charge in [-0.2, -0.15) is 0 Å². The lowest BCUT2D eigenvalue weighted by Crippen LogP contribution is -2.51. The molecule has 3 aromatic carbocycles. The van der Waals surface area contributed by atoms with Gasteiger partial charge in [-0.25, -0.2) is 4.39 Å². The number of carbonyl (C=O) groups is 2. The van der Waals surface area contributed by atoms with Gasteiger partial charge in [-0.05, 0) is 29.2 Å². The normalized spacial score (nSPS) is 11.6. The molecule has 0 spiro atoms. The van der Waals surface area contributed by atoms with Gasteiger partial charge in [0.05, 0.1) is 5.75 Å². The highest BCUT2D eigenvalue weighted by Gasteiger charge is 2.30. The number of nitrogens with zero attached hydrogens (tertiary/aromatic N) is 1. The second-order valence-electron chi connectivity index (χ2n) is 8.09. The second kappa shape index (κ2) is 13.6. The summed E-state index contributed by atoms with van der Waals surface area (Å²) in [5.74, 6) is -0.0208. The quantitative estimate of drug-likeness (QED) is 0.388. The Kier molecular flexibility index (Phi) is 10.2. The van der Waals surface area contributed by atoms with E-state index < -0.39 is 6.04 Å². The van der Waals surface area contributed by atoms with E-state index in [4.69, 9.17) is 0 Å². The van der Waals surface area contributed by atoms with Crippen LogP contribution in [0.4, 0.5) is 4.39 Å². The number of hydrogen-bond acceptors (Lipinski definition) is 3. The lowest BCUT2D eigenvalue weighted by Gasteiger charge is -2.31. The predicted molar refractivity (Wildman–Crippen MR) is 137 cm³/mol. The molecule has 2 amide bonds. The first-order valence-corrected chi connectivity index (χ1v) is 12.7. The van der Waals surface area contributed by atoms with E-state index in [1.807, 2.05) is 67.6 Å². The number of thioether (sulfide) groups is 1. The molecule has 0 aliphatic carbocycles. The molecule has 0 aromatic heterocycles. The molecule has 0 heterocycles. The minimum atomic E-state index is -0.643. The second-order valence-corrected chi connectivity index (χ2v) is 9.07. The molecule has 34 heavy (non-hydrogen) atoms. The molecule has 4 nitrogen and oxygen atoms in total. The molecule has 178 valence electrons. The Morgan fingerprint density at radius 3 is 2.18 bits per heavy atom. The first-order valence-electron chi connectivity index (χ1n) is 11.5. The van der Waals surface area contributed by atoms with Crippen LogP contribution in [0.2, 0.25) is 0 Å². The Hall–Kier alpha value is -3.12. The van der Waals surface area contributed by atoms with Crippen LogP contribution < -0.4 is 5.32 Å². The molecule has 1 N–H and O–H groups in total. The fourth-order valence-corrected chi connectivity index (χ4v) is 4.54. The lowest BCUT2D eigenvalue weighted by molar-refractivity contribution is -0.139. The molecule has 6 heteroatoms. The van der Waals surface area contributed by atoms with E-state index >= 15 is 0 Å². The fourth-order valence-electron chi connectivity index (χ4n) is 3.65. The van der Waals surface area contributed by atoms with Crippen LogP contribution in [0.1, 0.15) is 30.0 Å². The van der Waals surface area contributed by atoms with Crippen molar-refractivity contribution in [2.75, 3.05) is 12.3 Å². The maximum atomic E-state index is 14.0. The molecule has 0 fully saturated rings. The number of hydrogen-bond donors (Lipinski definition) is 1. The van der Waals surface area contributed by atoms with Crippen molar-refractivity contribution < 1.29 is 14.0 Å². The van der Waals surface area contributed by atoms with Crippen LogP contribution in [0.25, 0.3) is 0 Å². The van der Waals surface area contributed by atoms with Crippen molar-refractivity contribution in [1.82, 2.24) is 10.2 Å². The number of halogens is 1. The summed E-state index contributed by atoms with van der Waals surface area (Å²) in [5.41, 5.74) is 2.51. The van der Waals surface area contributed by atoms with E-state index in [9.17, 15) is 14.0 Å². The average molecular weight is 479 g/mol. The van der Waals surface area contributed by atoms with Gasteiger partial charge >= 0.3 is 0 Å². The van der Waals surface area contributed by atoms with Crippen LogP contribution >= 0.6 is 11.8 Å². The van der Waals surface area contributed by atoms with E-state index in [1.165, 1.54) is 17.8 Å². The van der Waals surface area contributed by atoms with Crippen molar-refractivity contribution >= 4 is 23.6 Å². The van der Waals surface area contributed by atoms with E-state index in [2.05, 4.69) is 5.32 Å². The Morgan fingerprint density at radius 1 is 0.912 bits per heavy atom. The molecule has 1 atom stereocenters. The maximum absolute atomic E-state index is 14.0. The average Bonchev–Trinajstić information content (AvgIpc) is 2.87. The van der Waals surface area contributed by atoms with Crippen molar-refractivity contribution in [3.8, 4) is 0 Å². The minimum absolute atomic E-state index is 0.141. The molecule has 0 saturated carbocycles. The molecule has 3 aromatic rings. The number of nitrogens with one attached hydrogen (secondary N) is 1. The standard InChI is InChI=1S/C28H31FN2O2S/c1-2-17-30-28(33)26(18-22-11-5-3-6-12-22)31(19-23-13-7-4-8-14-23)27(32)21-34-20-24-15-9-10-16-25(24)29/h3-16,26H,2,17-21H2,1H3,(H,30,33)/t26-/m1/s1. The van der Waals surface area contributed by atoms with Crippen molar-refractivity contribution in [2.24, 2.45) is 0 Å². The molecule has 0 unspecified atom stereocenters. The largest absolute Gasteiger partial charge is 0.354 e. The smallest absolute Gasteiger partial charge is 0.243 e. The monoisotopic (exact) mass is 478 g/mol.